The van der Waals surface area contributed by atoms with E-state index >= 15 is 0 Å². The van der Waals surface area contributed by atoms with Crippen LogP contribution in [0.4, 0.5) is 0 Å². The van der Waals surface area contributed by atoms with Crippen molar-refractivity contribution in [2.45, 2.75) is 37.1 Å². The van der Waals surface area contributed by atoms with Gasteiger partial charge in [0, 0.05) is 26.3 Å². The van der Waals surface area contributed by atoms with Crippen molar-refractivity contribution >= 4 is 5.97 Å². The van der Waals surface area contributed by atoms with Gasteiger partial charge in [-0.25, -0.2) is 4.79 Å². The number of carbonyl (C=O) groups is 1. The fraction of sp³-hybridized carbons (Fsp3) is 0.303. The summed E-state index contributed by atoms with van der Waals surface area (Å²) in [4.78, 5) is 38.9. The molecule has 230 valence electrons. The molecule has 11 nitrogen and oxygen atoms in total. The first-order chi connectivity index (χ1) is 21.3. The molecule has 1 aliphatic rings. The number of carbonyl (C=O) groups excluding carboxylic acids is 1. The van der Waals surface area contributed by atoms with E-state index in [1.54, 1.807) is 14.2 Å². The van der Waals surface area contributed by atoms with Crippen LogP contribution >= 0.6 is 0 Å². The molecule has 4 aromatic rings. The first kappa shape index (κ1) is 30.7. The normalized spacial score (nSPS) is 19.8. The molecular weight excluding hydrogens is 568 g/mol. The van der Waals surface area contributed by atoms with Crippen molar-refractivity contribution < 1.29 is 33.2 Å². The van der Waals surface area contributed by atoms with Crippen molar-refractivity contribution in [3.63, 3.8) is 0 Å². The van der Waals surface area contributed by atoms with Gasteiger partial charge in [0.15, 0.2) is 12.3 Å². The Bertz CT molecular complexity index is 1620. The van der Waals surface area contributed by atoms with E-state index in [9.17, 15) is 14.4 Å². The van der Waals surface area contributed by atoms with Crippen LogP contribution in [0, 0.1) is 0 Å². The lowest BCUT2D eigenvalue weighted by molar-refractivity contribution is -0.157. The van der Waals surface area contributed by atoms with E-state index in [1.165, 1.54) is 30.9 Å². The molecule has 1 N–H and O–H groups in total. The number of nitrogens with one attached hydrogen (secondary N) is 1. The van der Waals surface area contributed by atoms with Gasteiger partial charge in [-0.05, 0) is 41.0 Å². The first-order valence-corrected chi connectivity index (χ1v) is 14.0. The molecule has 44 heavy (non-hydrogen) atoms. The Morgan fingerprint density at radius 2 is 1.39 bits per heavy atom. The summed E-state index contributed by atoms with van der Waals surface area (Å²) in [7, 11) is 4.63. The van der Waals surface area contributed by atoms with Gasteiger partial charge < -0.3 is 28.4 Å². The Labute approximate surface area is 253 Å². The van der Waals surface area contributed by atoms with Gasteiger partial charge in [0.2, 0.25) is 0 Å². The third kappa shape index (κ3) is 6.02. The van der Waals surface area contributed by atoms with Crippen LogP contribution in [0.15, 0.2) is 101 Å². The molecule has 0 amide bonds. The smallest absolute Gasteiger partial charge is 0.330 e. The first-order valence-electron chi connectivity index (χ1n) is 14.0. The average Bonchev–Trinajstić information content (AvgIpc) is 3.38. The maximum atomic E-state index is 12.7. The van der Waals surface area contributed by atoms with E-state index < -0.39 is 47.4 Å². The van der Waals surface area contributed by atoms with E-state index in [4.69, 9.17) is 28.4 Å². The number of rotatable bonds is 11. The molecule has 0 saturated carbocycles. The molecule has 1 unspecified atom stereocenters. The minimum atomic E-state index is -1.17. The number of methoxy groups -OCH3 is 3. The molecule has 0 spiro atoms. The lowest BCUT2D eigenvalue weighted by Crippen LogP contribution is -2.42. The van der Waals surface area contributed by atoms with Gasteiger partial charge in [0.1, 0.15) is 29.3 Å². The zero-order chi connectivity index (χ0) is 31.3. The van der Waals surface area contributed by atoms with Crippen LogP contribution in [0.25, 0.3) is 0 Å². The van der Waals surface area contributed by atoms with Crippen LogP contribution < -0.4 is 20.7 Å². The van der Waals surface area contributed by atoms with Crippen molar-refractivity contribution in [1.82, 2.24) is 9.55 Å². The second kappa shape index (κ2) is 13.3. The Morgan fingerprint density at radius 1 is 0.818 bits per heavy atom. The summed E-state index contributed by atoms with van der Waals surface area (Å²) in [6.07, 6.45) is -2.40. The molecule has 3 aromatic carbocycles. The largest absolute Gasteiger partial charge is 0.497 e. The van der Waals surface area contributed by atoms with Crippen LogP contribution in [0.3, 0.4) is 0 Å². The lowest BCUT2D eigenvalue weighted by Gasteiger charge is -2.37. The number of hydrogen-bond donors (Lipinski definition) is 1. The standard InChI is InChI=1S/C33H34N2O9/c1-21(36)43-29-27(44-31(30(29)41-4)35-19-18-28(37)34-32(35)38)20-42-33(22-8-6-5-7-9-22,23-10-14-25(39-2)15-11-23)24-12-16-26(40-3)17-13-24/h5-19,27,29-31H,20H2,1-4H3,(H,34,37,38)/t27-,29+,30?,31-/m1/s1. The summed E-state index contributed by atoms with van der Waals surface area (Å²) in [5, 5.41) is 0. The minimum absolute atomic E-state index is 0.0840. The number of ether oxygens (including phenoxy) is 6. The summed E-state index contributed by atoms with van der Waals surface area (Å²) >= 11 is 0. The number of nitrogens with zero attached hydrogens (tertiary/aromatic N) is 1. The summed E-state index contributed by atoms with van der Waals surface area (Å²) in [5.41, 5.74) is 0.0132. The number of H-pyrrole nitrogens is 1. The van der Waals surface area contributed by atoms with Crippen molar-refractivity contribution in [3.05, 3.63) is 129 Å². The Hall–Kier alpha value is -4.71. The molecule has 4 atom stereocenters. The number of esters is 1. The highest BCUT2D eigenvalue weighted by molar-refractivity contribution is 5.66. The van der Waals surface area contributed by atoms with Gasteiger partial charge in [0.25, 0.3) is 5.56 Å². The number of hydrogen-bond acceptors (Lipinski definition) is 9. The number of aromatic amines is 1. The Morgan fingerprint density at radius 3 is 1.89 bits per heavy atom. The maximum absolute atomic E-state index is 12.7. The molecule has 11 heteroatoms. The van der Waals surface area contributed by atoms with Gasteiger partial charge in [-0.2, -0.15) is 0 Å². The van der Waals surface area contributed by atoms with Crippen LogP contribution in [0.1, 0.15) is 29.8 Å². The predicted molar refractivity (Wildman–Crippen MR) is 160 cm³/mol. The zero-order valence-corrected chi connectivity index (χ0v) is 24.8. The van der Waals surface area contributed by atoms with Gasteiger partial charge in [-0.3, -0.25) is 19.1 Å². The fourth-order valence-electron chi connectivity index (χ4n) is 5.56. The van der Waals surface area contributed by atoms with E-state index in [0.29, 0.717) is 11.5 Å². The van der Waals surface area contributed by atoms with Gasteiger partial charge >= 0.3 is 11.7 Å². The van der Waals surface area contributed by atoms with Gasteiger partial charge in [-0.15, -0.1) is 0 Å². The highest BCUT2D eigenvalue weighted by Gasteiger charge is 2.50. The molecule has 1 fully saturated rings. The molecule has 1 aromatic heterocycles. The third-order valence-corrected chi connectivity index (χ3v) is 7.62. The maximum Gasteiger partial charge on any atom is 0.330 e. The summed E-state index contributed by atoms with van der Waals surface area (Å²) in [5.74, 6) is 0.799. The Kier molecular flexibility index (Phi) is 9.29. The molecule has 2 heterocycles. The van der Waals surface area contributed by atoms with E-state index in [1.807, 2.05) is 78.9 Å². The minimum Gasteiger partial charge on any atom is -0.497 e. The van der Waals surface area contributed by atoms with Crippen molar-refractivity contribution in [1.29, 1.82) is 0 Å². The molecule has 1 saturated heterocycles. The Balaban J connectivity index is 1.61. The highest BCUT2D eigenvalue weighted by Crippen LogP contribution is 2.43. The second-order valence-corrected chi connectivity index (χ2v) is 10.2. The number of aromatic nitrogens is 2. The summed E-state index contributed by atoms with van der Waals surface area (Å²) in [6, 6.07) is 26.0. The second-order valence-electron chi connectivity index (χ2n) is 10.2. The molecule has 1 aliphatic heterocycles. The number of benzene rings is 3. The highest BCUT2D eigenvalue weighted by atomic mass is 16.6. The fourth-order valence-corrected chi connectivity index (χ4v) is 5.56. The molecule has 0 aliphatic carbocycles. The quantitative estimate of drug-likeness (QED) is 0.203. The molecule has 0 radical (unpaired) electrons. The topological polar surface area (TPSA) is 127 Å². The van der Waals surface area contributed by atoms with Crippen LogP contribution in [-0.4, -0.2) is 61.8 Å². The van der Waals surface area contributed by atoms with Crippen LogP contribution in [0.5, 0.6) is 11.5 Å². The SMILES string of the molecule is COc1ccc(C(OC[C@H]2O[C@@H](n3ccc(=O)[nH]c3=O)C(OC)[C@H]2OC(C)=O)(c2ccccc2)c2ccc(OC)cc2)cc1. The zero-order valence-electron chi connectivity index (χ0n) is 24.8. The summed E-state index contributed by atoms with van der Waals surface area (Å²) < 4.78 is 36.7. The van der Waals surface area contributed by atoms with E-state index in [0.717, 1.165) is 16.7 Å². The van der Waals surface area contributed by atoms with Gasteiger partial charge in [-0.1, -0.05) is 54.6 Å². The lowest BCUT2D eigenvalue weighted by atomic mass is 9.80. The van der Waals surface area contributed by atoms with Crippen molar-refractivity contribution in [3.8, 4) is 11.5 Å². The molecule has 5 rings (SSSR count). The van der Waals surface area contributed by atoms with Crippen LogP contribution in [0.2, 0.25) is 0 Å². The molecular formula is C33H34N2O9. The summed E-state index contributed by atoms with van der Waals surface area (Å²) in [6.45, 7) is 1.20. The van der Waals surface area contributed by atoms with E-state index in [-0.39, 0.29) is 6.61 Å². The average molecular weight is 603 g/mol. The van der Waals surface area contributed by atoms with Crippen molar-refractivity contribution in [2.24, 2.45) is 0 Å². The monoisotopic (exact) mass is 602 g/mol. The molecule has 0 bridgehead atoms. The van der Waals surface area contributed by atoms with Crippen LogP contribution in [-0.2, 0) is 29.3 Å². The van der Waals surface area contributed by atoms with Gasteiger partial charge in [0.05, 0.1) is 20.8 Å². The van der Waals surface area contributed by atoms with E-state index in [2.05, 4.69) is 4.98 Å². The van der Waals surface area contributed by atoms with Crippen molar-refractivity contribution in [2.75, 3.05) is 27.9 Å². The predicted octanol–water partition coefficient (Wildman–Crippen LogP) is 3.41. The third-order valence-electron chi connectivity index (χ3n) is 7.62.